The number of aliphatic hydroxyl groups excluding tert-OH is 1. The second kappa shape index (κ2) is 7.45. The first-order chi connectivity index (χ1) is 8.13. The fourth-order valence-electron chi connectivity index (χ4n) is 2.17. The molecular weight excluding hydrogens is 216 g/mol. The molecule has 0 saturated carbocycles. The summed E-state index contributed by atoms with van der Waals surface area (Å²) in [6.07, 6.45) is 5.11. The van der Waals surface area contributed by atoms with E-state index in [2.05, 4.69) is 11.5 Å². The molecule has 1 unspecified atom stereocenters. The molecule has 0 spiro atoms. The average molecular weight is 240 g/mol. The second-order valence-corrected chi connectivity index (χ2v) is 4.79. The van der Waals surface area contributed by atoms with Gasteiger partial charge in [0.15, 0.2) is 0 Å². The fraction of sp³-hybridized carbons (Fsp3) is 0.769. The Labute approximate surface area is 104 Å². The van der Waals surface area contributed by atoms with Crippen molar-refractivity contribution in [3.63, 3.8) is 0 Å². The Bertz CT molecular complexity index is 256. The molecule has 1 aliphatic rings. The number of likely N-dealkylation sites (N-methyl/N-ethyl adjacent to an activating group) is 1. The Balaban J connectivity index is 2.16. The Morgan fingerprint density at radius 3 is 3.00 bits per heavy atom. The molecule has 0 aliphatic carbocycles. The summed E-state index contributed by atoms with van der Waals surface area (Å²) in [4.78, 5) is 15.3. The lowest BCUT2D eigenvalue weighted by atomic mass is 10.2. The van der Waals surface area contributed by atoms with Gasteiger partial charge in [0.05, 0.1) is 6.10 Å². The summed E-state index contributed by atoms with van der Waals surface area (Å²) in [5.74, 6) is 0.179. The van der Waals surface area contributed by atoms with Gasteiger partial charge >= 0.3 is 0 Å². The molecule has 1 amide bonds. The van der Waals surface area contributed by atoms with Gasteiger partial charge in [-0.2, -0.15) is 0 Å². The molecule has 0 radical (unpaired) electrons. The predicted octanol–water partition coefficient (Wildman–Crippen LogP) is 0.868. The highest BCUT2D eigenvalue weighted by atomic mass is 16.3. The Morgan fingerprint density at radius 2 is 2.41 bits per heavy atom. The minimum atomic E-state index is -0.439. The van der Waals surface area contributed by atoms with Gasteiger partial charge in [-0.1, -0.05) is 6.08 Å². The van der Waals surface area contributed by atoms with E-state index in [0.717, 1.165) is 32.4 Å². The van der Waals surface area contributed by atoms with Crippen LogP contribution in [0.2, 0.25) is 0 Å². The van der Waals surface area contributed by atoms with Crippen molar-refractivity contribution < 1.29 is 9.90 Å². The molecule has 1 atom stereocenters. The third-order valence-corrected chi connectivity index (χ3v) is 3.07. The molecule has 17 heavy (non-hydrogen) atoms. The predicted molar refractivity (Wildman–Crippen MR) is 68.7 cm³/mol. The van der Waals surface area contributed by atoms with Crippen molar-refractivity contribution in [3.8, 4) is 0 Å². The normalized spacial score (nSPS) is 17.8. The lowest BCUT2D eigenvalue weighted by molar-refractivity contribution is -0.129. The highest BCUT2D eigenvalue weighted by molar-refractivity contribution is 5.78. The number of nitrogens with zero attached hydrogens (tertiary/aromatic N) is 2. The number of aliphatic hydroxyl groups is 1. The quantitative estimate of drug-likeness (QED) is 0.506. The largest absolute Gasteiger partial charge is 0.390 e. The number of likely N-dealkylation sites (tertiary alicyclic amines) is 1. The molecule has 1 rings (SSSR count). The zero-order valence-corrected chi connectivity index (χ0v) is 10.8. The van der Waals surface area contributed by atoms with Gasteiger partial charge in [-0.25, -0.2) is 0 Å². The van der Waals surface area contributed by atoms with Crippen LogP contribution in [-0.2, 0) is 4.79 Å². The van der Waals surface area contributed by atoms with Gasteiger partial charge in [-0.05, 0) is 32.9 Å². The van der Waals surface area contributed by atoms with Crippen molar-refractivity contribution in [2.24, 2.45) is 0 Å². The van der Waals surface area contributed by atoms with Gasteiger partial charge < -0.3 is 14.9 Å². The van der Waals surface area contributed by atoms with E-state index in [-0.39, 0.29) is 5.91 Å². The van der Waals surface area contributed by atoms with E-state index in [0.29, 0.717) is 19.5 Å². The lowest BCUT2D eigenvalue weighted by Gasteiger charge is -2.24. The highest BCUT2D eigenvalue weighted by Gasteiger charge is 2.22. The molecule has 0 aromatic heterocycles. The number of carbonyl (C=O) groups excluding carboxylic acids is 1. The van der Waals surface area contributed by atoms with Crippen molar-refractivity contribution >= 4 is 5.91 Å². The fourth-order valence-corrected chi connectivity index (χ4v) is 2.17. The first-order valence-corrected chi connectivity index (χ1v) is 6.38. The second-order valence-electron chi connectivity index (χ2n) is 4.79. The van der Waals surface area contributed by atoms with Crippen LogP contribution in [0, 0.1) is 0 Å². The highest BCUT2D eigenvalue weighted by Crippen LogP contribution is 2.10. The summed E-state index contributed by atoms with van der Waals surface area (Å²) < 4.78 is 0. The Hall–Kier alpha value is -0.870. The number of amides is 1. The molecule has 1 N–H and O–H groups in total. The topological polar surface area (TPSA) is 43.8 Å². The molecule has 4 heteroatoms. The number of allylic oxidation sites excluding steroid dienone is 1. The van der Waals surface area contributed by atoms with Crippen molar-refractivity contribution in [3.05, 3.63) is 12.7 Å². The summed E-state index contributed by atoms with van der Waals surface area (Å²) in [6, 6.07) is 0. The maximum Gasteiger partial charge on any atom is 0.222 e. The van der Waals surface area contributed by atoms with E-state index in [4.69, 9.17) is 0 Å². The van der Waals surface area contributed by atoms with Gasteiger partial charge in [0.2, 0.25) is 5.91 Å². The van der Waals surface area contributed by atoms with Crippen molar-refractivity contribution in [2.75, 3.05) is 33.2 Å². The summed E-state index contributed by atoms with van der Waals surface area (Å²) in [5, 5.41) is 9.90. The molecule has 0 aromatic rings. The summed E-state index contributed by atoms with van der Waals surface area (Å²) in [5.41, 5.74) is 0. The van der Waals surface area contributed by atoms with Crippen LogP contribution >= 0.6 is 0 Å². The van der Waals surface area contributed by atoms with Crippen LogP contribution in [0.15, 0.2) is 12.7 Å². The van der Waals surface area contributed by atoms with E-state index < -0.39 is 6.10 Å². The van der Waals surface area contributed by atoms with Crippen LogP contribution in [-0.4, -0.2) is 60.1 Å². The first-order valence-electron chi connectivity index (χ1n) is 6.38. The standard InChI is InChI=1S/C13H24N2O2/c1-3-4-5-8-14(2)10-12(16)11-15-9-6-7-13(15)17/h3,12,16H,1,4-11H2,2H3. The van der Waals surface area contributed by atoms with Crippen molar-refractivity contribution in [1.29, 1.82) is 0 Å². The SMILES string of the molecule is C=CCCCN(C)CC(O)CN1CCCC1=O. The number of rotatable bonds is 8. The minimum Gasteiger partial charge on any atom is -0.390 e. The molecule has 1 fully saturated rings. The van der Waals surface area contributed by atoms with Gasteiger partial charge in [-0.3, -0.25) is 4.79 Å². The van der Waals surface area contributed by atoms with Crippen LogP contribution in [0.1, 0.15) is 25.7 Å². The molecular formula is C13H24N2O2. The Kier molecular flexibility index (Phi) is 6.22. The van der Waals surface area contributed by atoms with Crippen LogP contribution < -0.4 is 0 Å². The summed E-state index contributed by atoms with van der Waals surface area (Å²) in [7, 11) is 2.00. The first kappa shape index (κ1) is 14.2. The van der Waals surface area contributed by atoms with E-state index in [1.165, 1.54) is 0 Å². The zero-order chi connectivity index (χ0) is 12.7. The average Bonchev–Trinajstić information content (AvgIpc) is 2.64. The number of unbranched alkanes of at least 4 members (excludes halogenated alkanes) is 1. The molecule has 4 nitrogen and oxygen atoms in total. The number of β-amino-alcohol motifs (C(OH)–C–C–N with tert-alkyl or cyclic N) is 1. The maximum atomic E-state index is 11.4. The number of hydrogen-bond acceptors (Lipinski definition) is 3. The van der Waals surface area contributed by atoms with Gasteiger partial charge in [0.1, 0.15) is 0 Å². The maximum absolute atomic E-state index is 11.4. The Morgan fingerprint density at radius 1 is 1.65 bits per heavy atom. The molecule has 1 saturated heterocycles. The number of hydrogen-bond donors (Lipinski definition) is 1. The molecule has 0 bridgehead atoms. The smallest absolute Gasteiger partial charge is 0.222 e. The summed E-state index contributed by atoms with van der Waals surface area (Å²) >= 11 is 0. The monoisotopic (exact) mass is 240 g/mol. The van der Waals surface area contributed by atoms with Gasteiger partial charge in [0.25, 0.3) is 0 Å². The molecule has 1 heterocycles. The zero-order valence-electron chi connectivity index (χ0n) is 10.8. The molecule has 0 aromatic carbocycles. The lowest BCUT2D eigenvalue weighted by Crippen LogP contribution is -2.39. The van der Waals surface area contributed by atoms with Crippen LogP contribution in [0.3, 0.4) is 0 Å². The van der Waals surface area contributed by atoms with Gasteiger partial charge in [0, 0.05) is 26.1 Å². The van der Waals surface area contributed by atoms with E-state index in [9.17, 15) is 9.90 Å². The van der Waals surface area contributed by atoms with Crippen molar-refractivity contribution in [1.82, 2.24) is 9.80 Å². The third-order valence-electron chi connectivity index (χ3n) is 3.07. The molecule has 1 aliphatic heterocycles. The van der Waals surface area contributed by atoms with E-state index in [1.807, 2.05) is 13.1 Å². The van der Waals surface area contributed by atoms with Crippen LogP contribution in [0.5, 0.6) is 0 Å². The number of carbonyl (C=O) groups is 1. The van der Waals surface area contributed by atoms with Gasteiger partial charge in [-0.15, -0.1) is 6.58 Å². The van der Waals surface area contributed by atoms with Crippen LogP contribution in [0.25, 0.3) is 0 Å². The van der Waals surface area contributed by atoms with E-state index >= 15 is 0 Å². The van der Waals surface area contributed by atoms with E-state index in [1.54, 1.807) is 4.90 Å². The third kappa shape index (κ3) is 5.33. The summed E-state index contributed by atoms with van der Waals surface area (Å²) in [6.45, 7) is 6.54. The molecule has 98 valence electrons. The minimum absolute atomic E-state index is 0.179. The van der Waals surface area contributed by atoms with Crippen molar-refractivity contribution in [2.45, 2.75) is 31.8 Å². The van der Waals surface area contributed by atoms with Crippen LogP contribution in [0.4, 0.5) is 0 Å².